The molecule has 0 heterocycles. The number of nitrogens with zero attached hydrogens (tertiary/aromatic N) is 1. The predicted molar refractivity (Wildman–Crippen MR) is 108 cm³/mol. The van der Waals surface area contributed by atoms with Gasteiger partial charge in [0.2, 0.25) is 15.9 Å². The smallest absolute Gasteiger partial charge is 0.323 e. The molecule has 1 N–H and O–H groups in total. The summed E-state index contributed by atoms with van der Waals surface area (Å²) >= 11 is 5.91. The van der Waals surface area contributed by atoms with Gasteiger partial charge in [0.05, 0.1) is 28.2 Å². The fraction of sp³-hybridized carbons (Fsp3) is 0.316. The summed E-state index contributed by atoms with van der Waals surface area (Å²) in [7, 11) is -3.87. The van der Waals surface area contributed by atoms with Crippen LogP contribution in [-0.2, 0) is 21.0 Å². The maximum atomic E-state index is 12.9. The van der Waals surface area contributed by atoms with Gasteiger partial charge in [-0.2, -0.15) is 13.2 Å². The molecule has 2 aromatic carbocycles. The molecule has 0 radical (unpaired) electrons. The van der Waals surface area contributed by atoms with E-state index >= 15 is 0 Å². The second-order valence-electron chi connectivity index (χ2n) is 6.68. The van der Waals surface area contributed by atoms with Crippen LogP contribution < -0.4 is 9.62 Å². The van der Waals surface area contributed by atoms with Crippen molar-refractivity contribution in [2.45, 2.75) is 33.0 Å². The van der Waals surface area contributed by atoms with Gasteiger partial charge in [0.1, 0.15) is 6.04 Å². The Morgan fingerprint density at radius 1 is 1.10 bits per heavy atom. The molecule has 0 bridgehead atoms. The zero-order valence-electron chi connectivity index (χ0n) is 16.1. The summed E-state index contributed by atoms with van der Waals surface area (Å²) < 4.78 is 64.4. The Hall–Kier alpha value is -2.26. The monoisotopic (exact) mass is 448 g/mol. The summed E-state index contributed by atoms with van der Waals surface area (Å²) in [6, 6.07) is 6.17. The lowest BCUT2D eigenvalue weighted by molar-refractivity contribution is -0.137. The first-order valence-electron chi connectivity index (χ1n) is 8.46. The van der Waals surface area contributed by atoms with Crippen LogP contribution in [0.2, 0.25) is 5.02 Å². The van der Waals surface area contributed by atoms with Gasteiger partial charge >= 0.3 is 6.18 Å². The Balaban J connectivity index is 2.39. The topological polar surface area (TPSA) is 66.5 Å². The molecule has 1 amide bonds. The molecule has 0 unspecified atom stereocenters. The molecule has 0 spiro atoms. The Kier molecular flexibility index (Phi) is 6.54. The van der Waals surface area contributed by atoms with Gasteiger partial charge in [0.25, 0.3) is 0 Å². The maximum absolute atomic E-state index is 12.9. The number of carbonyl (C=O) groups excluding carboxylic acids is 1. The fourth-order valence-electron chi connectivity index (χ4n) is 2.71. The van der Waals surface area contributed by atoms with Crippen molar-refractivity contribution < 1.29 is 26.4 Å². The lowest BCUT2D eigenvalue weighted by Crippen LogP contribution is -2.45. The summed E-state index contributed by atoms with van der Waals surface area (Å²) in [6.45, 7) is 5.00. The molecule has 2 aromatic rings. The average Bonchev–Trinajstić information content (AvgIpc) is 2.57. The van der Waals surface area contributed by atoms with E-state index in [1.807, 2.05) is 6.92 Å². The van der Waals surface area contributed by atoms with E-state index < -0.39 is 33.7 Å². The van der Waals surface area contributed by atoms with E-state index in [0.717, 1.165) is 33.8 Å². The quantitative estimate of drug-likeness (QED) is 0.716. The maximum Gasteiger partial charge on any atom is 0.416 e. The molecule has 0 saturated carbocycles. The highest BCUT2D eigenvalue weighted by atomic mass is 35.5. The normalized spacial score (nSPS) is 13.1. The van der Waals surface area contributed by atoms with Crippen LogP contribution in [0.15, 0.2) is 36.4 Å². The van der Waals surface area contributed by atoms with Gasteiger partial charge in [-0.1, -0.05) is 17.7 Å². The Morgan fingerprint density at radius 3 is 2.24 bits per heavy atom. The minimum Gasteiger partial charge on any atom is -0.323 e. The van der Waals surface area contributed by atoms with Gasteiger partial charge in [0.15, 0.2) is 0 Å². The van der Waals surface area contributed by atoms with Crippen molar-refractivity contribution in [3.63, 3.8) is 0 Å². The first-order chi connectivity index (χ1) is 13.2. The SMILES string of the molecule is Cc1ccc(N([C@@H](C)C(=O)Nc2cc(C(F)(F)F)ccc2Cl)S(C)(=O)=O)cc1C. The average molecular weight is 449 g/mol. The number of nitrogens with one attached hydrogen (secondary N) is 1. The van der Waals surface area contributed by atoms with Crippen molar-refractivity contribution in [3.05, 3.63) is 58.1 Å². The zero-order chi connectivity index (χ0) is 22.1. The Morgan fingerprint density at radius 2 is 1.72 bits per heavy atom. The van der Waals surface area contributed by atoms with Crippen molar-refractivity contribution in [1.82, 2.24) is 0 Å². The van der Waals surface area contributed by atoms with Crippen LogP contribution in [0.4, 0.5) is 24.5 Å². The first-order valence-corrected chi connectivity index (χ1v) is 10.7. The lowest BCUT2D eigenvalue weighted by Gasteiger charge is -2.29. The molecule has 0 aliphatic carbocycles. The molecule has 158 valence electrons. The molecule has 10 heteroatoms. The number of hydrogen-bond donors (Lipinski definition) is 1. The van der Waals surface area contributed by atoms with Crippen LogP contribution >= 0.6 is 11.6 Å². The Labute approximate surface area is 172 Å². The van der Waals surface area contributed by atoms with E-state index in [2.05, 4.69) is 5.32 Å². The number of anilines is 2. The minimum atomic E-state index is -4.62. The molecular weight excluding hydrogens is 429 g/mol. The van der Waals surface area contributed by atoms with E-state index in [1.54, 1.807) is 25.1 Å². The minimum absolute atomic E-state index is 0.101. The standard InChI is InChI=1S/C19H20ClF3N2O3S/c1-11-5-7-15(9-12(11)2)25(29(4,27)28)13(3)18(26)24-17-10-14(19(21,22)23)6-8-16(17)20/h5-10,13H,1-4H3,(H,24,26)/t13-/m0/s1. The predicted octanol–water partition coefficient (Wildman–Crippen LogP) is 4.77. The van der Waals surface area contributed by atoms with E-state index in [4.69, 9.17) is 11.6 Å². The number of carbonyl (C=O) groups is 1. The number of hydrogen-bond acceptors (Lipinski definition) is 3. The van der Waals surface area contributed by atoms with Crippen molar-refractivity contribution >= 4 is 38.9 Å². The third-order valence-corrected chi connectivity index (χ3v) is 5.96. The first kappa shape index (κ1) is 23.0. The molecule has 0 fully saturated rings. The molecule has 0 aliphatic rings. The molecular formula is C19H20ClF3N2O3S. The van der Waals surface area contributed by atoms with Crippen LogP contribution in [0.5, 0.6) is 0 Å². The zero-order valence-corrected chi connectivity index (χ0v) is 17.7. The van der Waals surface area contributed by atoms with Gasteiger partial charge in [-0.3, -0.25) is 9.10 Å². The van der Waals surface area contributed by atoms with Crippen LogP contribution in [0.1, 0.15) is 23.6 Å². The third kappa shape index (κ3) is 5.42. The number of benzene rings is 2. The highest BCUT2D eigenvalue weighted by Crippen LogP contribution is 2.34. The summed E-state index contributed by atoms with van der Waals surface area (Å²) in [6.07, 6.45) is -3.67. The van der Waals surface area contributed by atoms with Gasteiger partial charge in [-0.05, 0) is 62.2 Å². The number of alkyl halides is 3. The summed E-state index contributed by atoms with van der Waals surface area (Å²) in [5.41, 5.74) is 0.791. The van der Waals surface area contributed by atoms with Gasteiger partial charge < -0.3 is 5.32 Å². The third-order valence-electron chi connectivity index (χ3n) is 4.39. The summed E-state index contributed by atoms with van der Waals surface area (Å²) in [4.78, 5) is 12.7. The molecule has 0 aliphatic heterocycles. The van der Waals surface area contributed by atoms with Gasteiger partial charge in [0, 0.05) is 0 Å². The highest BCUT2D eigenvalue weighted by Gasteiger charge is 2.32. The number of rotatable bonds is 5. The molecule has 1 atom stereocenters. The largest absolute Gasteiger partial charge is 0.416 e. The number of halogens is 4. The van der Waals surface area contributed by atoms with E-state index in [9.17, 15) is 26.4 Å². The van der Waals surface area contributed by atoms with Crippen LogP contribution in [-0.4, -0.2) is 26.6 Å². The number of amides is 1. The molecule has 5 nitrogen and oxygen atoms in total. The molecule has 0 saturated heterocycles. The Bertz CT molecular complexity index is 1040. The van der Waals surface area contributed by atoms with E-state index in [0.29, 0.717) is 6.07 Å². The van der Waals surface area contributed by atoms with Crippen molar-refractivity contribution in [3.8, 4) is 0 Å². The van der Waals surface area contributed by atoms with Crippen molar-refractivity contribution in [2.75, 3.05) is 15.9 Å². The lowest BCUT2D eigenvalue weighted by atomic mass is 10.1. The van der Waals surface area contributed by atoms with Gasteiger partial charge in [-0.15, -0.1) is 0 Å². The number of aryl methyl sites for hydroxylation is 2. The summed E-state index contributed by atoms with van der Waals surface area (Å²) in [5.74, 6) is -0.824. The van der Waals surface area contributed by atoms with Crippen LogP contribution in [0, 0.1) is 13.8 Å². The fourth-order valence-corrected chi connectivity index (χ4v) is 4.04. The second kappa shape index (κ2) is 8.23. The molecule has 2 rings (SSSR count). The highest BCUT2D eigenvalue weighted by molar-refractivity contribution is 7.92. The van der Waals surface area contributed by atoms with Crippen LogP contribution in [0.3, 0.4) is 0 Å². The van der Waals surface area contributed by atoms with Crippen LogP contribution in [0.25, 0.3) is 0 Å². The second-order valence-corrected chi connectivity index (χ2v) is 8.95. The number of sulfonamides is 1. The van der Waals surface area contributed by atoms with E-state index in [1.165, 1.54) is 6.92 Å². The summed E-state index contributed by atoms with van der Waals surface area (Å²) in [5, 5.41) is 2.19. The van der Waals surface area contributed by atoms with Crippen molar-refractivity contribution in [1.29, 1.82) is 0 Å². The van der Waals surface area contributed by atoms with Crippen molar-refractivity contribution in [2.24, 2.45) is 0 Å². The van der Waals surface area contributed by atoms with E-state index in [-0.39, 0.29) is 16.4 Å². The molecule has 0 aromatic heterocycles. The van der Waals surface area contributed by atoms with Gasteiger partial charge in [-0.25, -0.2) is 8.42 Å². The molecule has 29 heavy (non-hydrogen) atoms.